The molecule has 5 heteroatoms. The van der Waals surface area contributed by atoms with Gasteiger partial charge >= 0.3 is 0 Å². The monoisotopic (exact) mass is 357 g/mol. The van der Waals surface area contributed by atoms with Crippen LogP contribution in [0.25, 0.3) is 0 Å². The Hall–Kier alpha value is -2.69. The van der Waals surface area contributed by atoms with Crippen LogP contribution in [0.2, 0.25) is 0 Å². The summed E-state index contributed by atoms with van der Waals surface area (Å²) in [5, 5.41) is 2.94. The minimum atomic E-state index is 0.00255. The van der Waals surface area contributed by atoms with Crippen molar-refractivity contribution in [3.63, 3.8) is 0 Å². The maximum absolute atomic E-state index is 12.2. The molecule has 0 aromatic heterocycles. The lowest BCUT2D eigenvalue weighted by Gasteiger charge is -2.12. The number of rotatable bonds is 10. The Morgan fingerprint density at radius 1 is 0.962 bits per heavy atom. The summed E-state index contributed by atoms with van der Waals surface area (Å²) in [7, 11) is 1.63. The van der Waals surface area contributed by atoms with Crippen molar-refractivity contribution in [1.29, 1.82) is 0 Å². The molecule has 1 N–H and O–H groups in total. The molecule has 0 aliphatic rings. The lowest BCUT2D eigenvalue weighted by Crippen LogP contribution is -2.23. The zero-order valence-electron chi connectivity index (χ0n) is 15.7. The SMILES string of the molecule is CCOc1ccc(CCC(=O)NCc2ccccc2OC)cc1OCC. The summed E-state index contributed by atoms with van der Waals surface area (Å²) in [6.07, 6.45) is 1.05. The molecule has 2 aromatic carbocycles. The number of para-hydroxylation sites is 1. The van der Waals surface area contributed by atoms with Crippen LogP contribution in [-0.2, 0) is 17.8 Å². The van der Waals surface area contributed by atoms with Crippen molar-refractivity contribution in [3.8, 4) is 17.2 Å². The highest BCUT2D eigenvalue weighted by Crippen LogP contribution is 2.29. The topological polar surface area (TPSA) is 56.8 Å². The highest BCUT2D eigenvalue weighted by atomic mass is 16.5. The maximum Gasteiger partial charge on any atom is 0.220 e. The molecule has 0 atom stereocenters. The van der Waals surface area contributed by atoms with E-state index in [-0.39, 0.29) is 5.91 Å². The van der Waals surface area contributed by atoms with E-state index in [0.29, 0.717) is 32.6 Å². The minimum absolute atomic E-state index is 0.00255. The second kappa shape index (κ2) is 10.3. The quantitative estimate of drug-likeness (QED) is 0.704. The molecule has 0 aliphatic heterocycles. The number of hydrogen-bond acceptors (Lipinski definition) is 4. The summed E-state index contributed by atoms with van der Waals surface area (Å²) in [5.74, 6) is 2.24. The number of ether oxygens (including phenoxy) is 3. The smallest absolute Gasteiger partial charge is 0.220 e. The van der Waals surface area contributed by atoms with Crippen LogP contribution in [0.1, 0.15) is 31.4 Å². The van der Waals surface area contributed by atoms with Gasteiger partial charge in [-0.2, -0.15) is 0 Å². The van der Waals surface area contributed by atoms with E-state index >= 15 is 0 Å². The predicted molar refractivity (Wildman–Crippen MR) is 102 cm³/mol. The largest absolute Gasteiger partial charge is 0.496 e. The number of benzene rings is 2. The summed E-state index contributed by atoms with van der Waals surface area (Å²) in [4.78, 5) is 12.2. The summed E-state index contributed by atoms with van der Waals surface area (Å²) in [5.41, 5.74) is 2.01. The van der Waals surface area contributed by atoms with Gasteiger partial charge in [-0.05, 0) is 44.0 Å². The number of nitrogens with one attached hydrogen (secondary N) is 1. The van der Waals surface area contributed by atoms with Crippen molar-refractivity contribution >= 4 is 5.91 Å². The number of aryl methyl sites for hydroxylation is 1. The van der Waals surface area contributed by atoms with Crippen LogP contribution >= 0.6 is 0 Å². The van der Waals surface area contributed by atoms with Gasteiger partial charge in [0.15, 0.2) is 11.5 Å². The molecular formula is C21H27NO4. The van der Waals surface area contributed by atoms with Crippen LogP contribution in [0, 0.1) is 0 Å². The van der Waals surface area contributed by atoms with Crippen molar-refractivity contribution in [1.82, 2.24) is 5.32 Å². The second-order valence-corrected chi connectivity index (χ2v) is 5.74. The van der Waals surface area contributed by atoms with E-state index in [1.807, 2.05) is 56.3 Å². The van der Waals surface area contributed by atoms with Crippen molar-refractivity contribution in [2.24, 2.45) is 0 Å². The Morgan fingerprint density at radius 3 is 2.42 bits per heavy atom. The van der Waals surface area contributed by atoms with Gasteiger partial charge in [0.05, 0.1) is 20.3 Å². The van der Waals surface area contributed by atoms with Crippen LogP contribution < -0.4 is 19.5 Å². The highest BCUT2D eigenvalue weighted by molar-refractivity contribution is 5.76. The molecule has 0 aliphatic carbocycles. The number of carbonyl (C=O) groups excluding carboxylic acids is 1. The maximum atomic E-state index is 12.2. The number of methoxy groups -OCH3 is 1. The third-order valence-corrected chi connectivity index (χ3v) is 3.92. The normalized spacial score (nSPS) is 10.3. The summed E-state index contributed by atoms with van der Waals surface area (Å²) in [6.45, 7) is 5.49. The van der Waals surface area contributed by atoms with Crippen molar-refractivity contribution in [2.45, 2.75) is 33.2 Å². The fourth-order valence-corrected chi connectivity index (χ4v) is 2.64. The average Bonchev–Trinajstić information content (AvgIpc) is 2.67. The van der Waals surface area contributed by atoms with Gasteiger partial charge in [0.2, 0.25) is 5.91 Å². The van der Waals surface area contributed by atoms with E-state index < -0.39 is 0 Å². The molecule has 0 unspecified atom stereocenters. The molecule has 2 aromatic rings. The summed E-state index contributed by atoms with van der Waals surface area (Å²) in [6, 6.07) is 13.5. The molecule has 0 fully saturated rings. The second-order valence-electron chi connectivity index (χ2n) is 5.74. The lowest BCUT2D eigenvalue weighted by atomic mass is 10.1. The standard InChI is InChI=1S/C21H27NO4/c1-4-25-19-12-10-16(14-20(19)26-5-2)11-13-21(23)22-15-17-8-6-7-9-18(17)24-3/h6-10,12,14H,4-5,11,13,15H2,1-3H3,(H,22,23). The third kappa shape index (κ3) is 5.69. The first-order chi connectivity index (χ1) is 12.7. The molecule has 0 heterocycles. The Morgan fingerprint density at radius 2 is 1.69 bits per heavy atom. The minimum Gasteiger partial charge on any atom is -0.496 e. The molecule has 5 nitrogen and oxygen atoms in total. The highest BCUT2D eigenvalue weighted by Gasteiger charge is 2.09. The van der Waals surface area contributed by atoms with Crippen LogP contribution in [0.4, 0.5) is 0 Å². The van der Waals surface area contributed by atoms with Gasteiger partial charge in [0, 0.05) is 18.5 Å². The molecule has 2 rings (SSSR count). The molecule has 26 heavy (non-hydrogen) atoms. The average molecular weight is 357 g/mol. The molecule has 0 saturated heterocycles. The summed E-state index contributed by atoms with van der Waals surface area (Å²) < 4.78 is 16.5. The van der Waals surface area contributed by atoms with Crippen molar-refractivity contribution in [3.05, 3.63) is 53.6 Å². The predicted octanol–water partition coefficient (Wildman–Crippen LogP) is 3.74. The first-order valence-corrected chi connectivity index (χ1v) is 8.95. The van der Waals surface area contributed by atoms with Crippen LogP contribution in [0.3, 0.4) is 0 Å². The van der Waals surface area contributed by atoms with E-state index in [1.165, 1.54) is 0 Å². The van der Waals surface area contributed by atoms with E-state index in [9.17, 15) is 4.79 Å². The Labute approximate surface area is 155 Å². The van der Waals surface area contributed by atoms with Crippen LogP contribution in [0.15, 0.2) is 42.5 Å². The molecule has 0 saturated carbocycles. The van der Waals surface area contributed by atoms with Gasteiger partial charge in [-0.1, -0.05) is 24.3 Å². The summed E-state index contributed by atoms with van der Waals surface area (Å²) >= 11 is 0. The third-order valence-electron chi connectivity index (χ3n) is 3.92. The van der Waals surface area contributed by atoms with Crippen LogP contribution in [0.5, 0.6) is 17.2 Å². The van der Waals surface area contributed by atoms with Gasteiger partial charge in [0.25, 0.3) is 0 Å². The first-order valence-electron chi connectivity index (χ1n) is 8.95. The Bertz CT molecular complexity index is 715. The van der Waals surface area contributed by atoms with Gasteiger partial charge in [-0.3, -0.25) is 4.79 Å². The zero-order valence-corrected chi connectivity index (χ0v) is 15.7. The van der Waals surface area contributed by atoms with Crippen LogP contribution in [-0.4, -0.2) is 26.2 Å². The first kappa shape index (κ1) is 19.6. The Balaban J connectivity index is 1.89. The molecule has 0 spiro atoms. The van der Waals surface area contributed by atoms with Crippen molar-refractivity contribution < 1.29 is 19.0 Å². The Kier molecular flexibility index (Phi) is 7.80. The number of carbonyl (C=O) groups is 1. The van der Waals surface area contributed by atoms with E-state index in [1.54, 1.807) is 7.11 Å². The number of amides is 1. The van der Waals surface area contributed by atoms with E-state index in [0.717, 1.165) is 28.4 Å². The number of hydrogen-bond donors (Lipinski definition) is 1. The van der Waals surface area contributed by atoms with E-state index in [4.69, 9.17) is 14.2 Å². The molecular weight excluding hydrogens is 330 g/mol. The van der Waals surface area contributed by atoms with Gasteiger partial charge < -0.3 is 19.5 Å². The zero-order chi connectivity index (χ0) is 18.8. The fraction of sp³-hybridized carbons (Fsp3) is 0.381. The lowest BCUT2D eigenvalue weighted by molar-refractivity contribution is -0.121. The molecule has 1 amide bonds. The fourth-order valence-electron chi connectivity index (χ4n) is 2.64. The molecule has 0 bridgehead atoms. The van der Waals surface area contributed by atoms with Crippen molar-refractivity contribution in [2.75, 3.05) is 20.3 Å². The van der Waals surface area contributed by atoms with Gasteiger partial charge in [0.1, 0.15) is 5.75 Å². The molecule has 140 valence electrons. The molecule has 0 radical (unpaired) electrons. The van der Waals surface area contributed by atoms with Gasteiger partial charge in [-0.15, -0.1) is 0 Å². The van der Waals surface area contributed by atoms with E-state index in [2.05, 4.69) is 5.32 Å². The van der Waals surface area contributed by atoms with Gasteiger partial charge in [-0.25, -0.2) is 0 Å².